The fraction of sp³-hybridized carbons (Fsp3) is 0.600. The summed E-state index contributed by atoms with van der Waals surface area (Å²) in [4.78, 5) is 0. The second kappa shape index (κ2) is 5.84. The fourth-order valence-corrected chi connectivity index (χ4v) is 3.87. The van der Waals surface area contributed by atoms with E-state index in [0.717, 1.165) is 12.0 Å². The van der Waals surface area contributed by atoms with E-state index in [2.05, 4.69) is 36.8 Å². The normalized spacial score (nSPS) is 16.7. The molecule has 0 spiro atoms. The Kier molecular flexibility index (Phi) is 4.52. The molecule has 2 rings (SSSR count). The standard InChI is InChI=1S/C15H24N2O2S/c1-11(2)14-6-5-13-7-8-17(10-15(13)9-14)20(18,19)16-12(3)4/h5-6,9,11-12,16H,7-8,10H2,1-4H3. The molecule has 0 saturated carbocycles. The molecule has 0 saturated heterocycles. The first-order chi connectivity index (χ1) is 9.29. The van der Waals surface area contributed by atoms with Crippen LogP contribution in [-0.2, 0) is 23.2 Å². The summed E-state index contributed by atoms with van der Waals surface area (Å²) in [5, 5.41) is 0. The van der Waals surface area contributed by atoms with Crippen molar-refractivity contribution in [3.05, 3.63) is 34.9 Å². The smallest absolute Gasteiger partial charge is 0.200 e. The number of hydrogen-bond donors (Lipinski definition) is 1. The van der Waals surface area contributed by atoms with E-state index in [1.54, 1.807) is 4.31 Å². The quantitative estimate of drug-likeness (QED) is 0.927. The third-order valence-corrected chi connectivity index (χ3v) is 5.36. The third-order valence-electron chi connectivity index (χ3n) is 3.60. The lowest BCUT2D eigenvalue weighted by atomic mass is 9.94. The first kappa shape index (κ1) is 15.5. The molecule has 5 heteroatoms. The van der Waals surface area contributed by atoms with Gasteiger partial charge in [0.25, 0.3) is 10.2 Å². The van der Waals surface area contributed by atoms with Crippen LogP contribution in [-0.4, -0.2) is 25.3 Å². The molecule has 0 fully saturated rings. The van der Waals surface area contributed by atoms with Crippen LogP contribution in [0.2, 0.25) is 0 Å². The van der Waals surface area contributed by atoms with E-state index < -0.39 is 10.2 Å². The highest BCUT2D eigenvalue weighted by atomic mass is 32.2. The minimum Gasteiger partial charge on any atom is -0.200 e. The highest BCUT2D eigenvalue weighted by molar-refractivity contribution is 7.87. The van der Waals surface area contributed by atoms with Crippen LogP contribution in [0, 0.1) is 0 Å². The van der Waals surface area contributed by atoms with Crippen molar-refractivity contribution in [1.82, 2.24) is 9.03 Å². The monoisotopic (exact) mass is 296 g/mol. The van der Waals surface area contributed by atoms with Gasteiger partial charge in [-0.15, -0.1) is 0 Å². The van der Waals surface area contributed by atoms with Crippen molar-refractivity contribution in [2.24, 2.45) is 0 Å². The minimum absolute atomic E-state index is 0.0802. The van der Waals surface area contributed by atoms with Crippen molar-refractivity contribution in [1.29, 1.82) is 0 Å². The molecular weight excluding hydrogens is 272 g/mol. The van der Waals surface area contributed by atoms with Crippen molar-refractivity contribution in [2.75, 3.05) is 6.54 Å². The Morgan fingerprint density at radius 3 is 2.45 bits per heavy atom. The summed E-state index contributed by atoms with van der Waals surface area (Å²) in [6.45, 7) is 9.01. The zero-order chi connectivity index (χ0) is 14.9. The van der Waals surface area contributed by atoms with Crippen molar-refractivity contribution in [3.63, 3.8) is 0 Å². The first-order valence-electron chi connectivity index (χ1n) is 7.18. The van der Waals surface area contributed by atoms with E-state index in [4.69, 9.17) is 0 Å². The van der Waals surface area contributed by atoms with E-state index in [1.165, 1.54) is 11.1 Å². The molecule has 0 atom stereocenters. The predicted octanol–water partition coefficient (Wildman–Crippen LogP) is 2.41. The molecule has 1 aromatic rings. The Morgan fingerprint density at radius 1 is 1.15 bits per heavy atom. The molecule has 0 amide bonds. The zero-order valence-corrected chi connectivity index (χ0v) is 13.5. The van der Waals surface area contributed by atoms with Crippen LogP contribution in [0.1, 0.15) is 50.3 Å². The average Bonchev–Trinajstić information content (AvgIpc) is 2.35. The molecule has 1 N–H and O–H groups in total. The Labute approximate surface area is 122 Å². The summed E-state index contributed by atoms with van der Waals surface area (Å²) in [5.74, 6) is 0.459. The average molecular weight is 296 g/mol. The zero-order valence-electron chi connectivity index (χ0n) is 12.7. The Morgan fingerprint density at radius 2 is 1.85 bits per heavy atom. The van der Waals surface area contributed by atoms with E-state index in [-0.39, 0.29) is 6.04 Å². The number of fused-ring (bicyclic) bond motifs is 1. The first-order valence-corrected chi connectivity index (χ1v) is 8.62. The number of rotatable bonds is 4. The summed E-state index contributed by atoms with van der Waals surface area (Å²) in [6.07, 6.45) is 0.784. The maximum atomic E-state index is 12.2. The van der Waals surface area contributed by atoms with Gasteiger partial charge in [-0.3, -0.25) is 0 Å². The van der Waals surface area contributed by atoms with Gasteiger partial charge in [-0.25, -0.2) is 0 Å². The van der Waals surface area contributed by atoms with Crippen LogP contribution in [0.25, 0.3) is 0 Å². The lowest BCUT2D eigenvalue weighted by molar-refractivity contribution is 0.380. The predicted molar refractivity (Wildman–Crippen MR) is 81.8 cm³/mol. The van der Waals surface area contributed by atoms with Crippen molar-refractivity contribution < 1.29 is 8.42 Å². The molecule has 0 aliphatic carbocycles. The van der Waals surface area contributed by atoms with E-state index in [1.807, 2.05) is 13.8 Å². The van der Waals surface area contributed by atoms with Gasteiger partial charge in [-0.05, 0) is 42.9 Å². The molecule has 0 unspecified atom stereocenters. The van der Waals surface area contributed by atoms with Gasteiger partial charge >= 0.3 is 0 Å². The van der Waals surface area contributed by atoms with Crippen molar-refractivity contribution >= 4 is 10.2 Å². The molecular formula is C15H24N2O2S. The lowest BCUT2D eigenvalue weighted by Crippen LogP contribution is -2.45. The van der Waals surface area contributed by atoms with Gasteiger partial charge in [-0.2, -0.15) is 17.4 Å². The van der Waals surface area contributed by atoms with Gasteiger partial charge in [0.05, 0.1) is 0 Å². The van der Waals surface area contributed by atoms with E-state index >= 15 is 0 Å². The molecule has 1 aliphatic rings. The number of benzene rings is 1. The van der Waals surface area contributed by atoms with Crippen LogP contribution in [0.3, 0.4) is 0 Å². The van der Waals surface area contributed by atoms with Crippen LogP contribution < -0.4 is 4.72 Å². The molecule has 0 aromatic heterocycles. The maximum Gasteiger partial charge on any atom is 0.279 e. The van der Waals surface area contributed by atoms with Crippen LogP contribution >= 0.6 is 0 Å². The summed E-state index contributed by atoms with van der Waals surface area (Å²) in [7, 11) is -3.38. The van der Waals surface area contributed by atoms with Gasteiger partial charge in [0.15, 0.2) is 0 Å². The second-order valence-corrected chi connectivity index (χ2v) is 7.75. The number of nitrogens with zero attached hydrogens (tertiary/aromatic N) is 1. The summed E-state index contributed by atoms with van der Waals surface area (Å²) < 4.78 is 28.7. The Bertz CT molecular complexity index is 580. The van der Waals surface area contributed by atoms with Gasteiger partial charge in [0, 0.05) is 19.1 Å². The lowest BCUT2D eigenvalue weighted by Gasteiger charge is -2.29. The minimum atomic E-state index is -3.38. The summed E-state index contributed by atoms with van der Waals surface area (Å²) in [6, 6.07) is 6.37. The highest BCUT2D eigenvalue weighted by Gasteiger charge is 2.27. The molecule has 1 heterocycles. The highest BCUT2D eigenvalue weighted by Crippen LogP contribution is 2.25. The summed E-state index contributed by atoms with van der Waals surface area (Å²) >= 11 is 0. The van der Waals surface area contributed by atoms with Crippen LogP contribution in [0.5, 0.6) is 0 Å². The second-order valence-electron chi connectivity index (χ2n) is 6.04. The van der Waals surface area contributed by atoms with Crippen LogP contribution in [0.4, 0.5) is 0 Å². The van der Waals surface area contributed by atoms with Gasteiger partial charge < -0.3 is 0 Å². The van der Waals surface area contributed by atoms with Gasteiger partial charge in [0.1, 0.15) is 0 Å². The largest absolute Gasteiger partial charge is 0.279 e. The van der Waals surface area contributed by atoms with Gasteiger partial charge in [-0.1, -0.05) is 32.0 Å². The molecule has 0 bridgehead atoms. The van der Waals surface area contributed by atoms with E-state index in [9.17, 15) is 8.42 Å². The Hall–Kier alpha value is -0.910. The molecule has 20 heavy (non-hydrogen) atoms. The van der Waals surface area contributed by atoms with E-state index in [0.29, 0.717) is 19.0 Å². The fourth-order valence-electron chi connectivity index (χ4n) is 2.49. The topological polar surface area (TPSA) is 49.4 Å². The number of nitrogens with one attached hydrogen (secondary N) is 1. The van der Waals surface area contributed by atoms with Crippen LogP contribution in [0.15, 0.2) is 18.2 Å². The molecule has 1 aromatic carbocycles. The van der Waals surface area contributed by atoms with Crippen molar-refractivity contribution in [3.8, 4) is 0 Å². The SMILES string of the molecule is CC(C)NS(=O)(=O)N1CCc2ccc(C(C)C)cc2C1. The third kappa shape index (κ3) is 3.40. The molecule has 1 aliphatic heterocycles. The molecule has 4 nitrogen and oxygen atoms in total. The maximum absolute atomic E-state index is 12.2. The molecule has 0 radical (unpaired) electrons. The molecule has 112 valence electrons. The summed E-state index contributed by atoms with van der Waals surface area (Å²) in [5.41, 5.74) is 3.67. The van der Waals surface area contributed by atoms with Gasteiger partial charge in [0.2, 0.25) is 0 Å². The Balaban J connectivity index is 2.23. The van der Waals surface area contributed by atoms with Crippen molar-refractivity contribution in [2.45, 2.75) is 52.6 Å². The number of hydrogen-bond acceptors (Lipinski definition) is 2.